The molecule has 0 atom stereocenters. The molecule has 2 fully saturated rings. The molecule has 4 N–H and O–H groups in total. The van der Waals surface area contributed by atoms with E-state index in [4.69, 9.17) is 5.11 Å². The third-order valence-corrected chi connectivity index (χ3v) is 12.3. The lowest BCUT2D eigenvalue weighted by molar-refractivity contribution is -0.131. The van der Waals surface area contributed by atoms with E-state index in [-0.39, 0.29) is 59.4 Å². The van der Waals surface area contributed by atoms with Gasteiger partial charge in [-0.1, -0.05) is 85.9 Å². The monoisotopic (exact) mass is 1040 g/mol. The number of carbonyl (C=O) groups is 4. The molecule has 25 heteroatoms. The number of aromatic amines is 2. The van der Waals surface area contributed by atoms with Crippen LogP contribution < -0.4 is 15.1 Å². The quantitative estimate of drug-likeness (QED) is 0.0951. The van der Waals surface area contributed by atoms with E-state index in [9.17, 15) is 28.0 Å². The minimum atomic E-state index is -1.66. The van der Waals surface area contributed by atoms with E-state index in [1.54, 1.807) is 18.7 Å². The van der Waals surface area contributed by atoms with E-state index in [1.165, 1.54) is 45.4 Å². The van der Waals surface area contributed by atoms with Crippen LogP contribution in [-0.4, -0.2) is 156 Å². The van der Waals surface area contributed by atoms with E-state index in [1.807, 2.05) is 54.7 Å². The molecule has 2 aliphatic rings. The van der Waals surface area contributed by atoms with Gasteiger partial charge in [-0.15, -0.1) is 10.2 Å². The van der Waals surface area contributed by atoms with Crippen molar-refractivity contribution in [1.82, 2.24) is 80.1 Å². The summed E-state index contributed by atoms with van der Waals surface area (Å²) in [5.41, 5.74) is 6.03. The van der Waals surface area contributed by atoms with Gasteiger partial charge in [0.25, 0.3) is 17.5 Å². The number of amides is 1. The van der Waals surface area contributed by atoms with Crippen LogP contribution in [0.2, 0.25) is 0 Å². The molecule has 2 aliphatic heterocycles. The summed E-state index contributed by atoms with van der Waals surface area (Å²) in [7, 11) is 0. The normalized spacial score (nSPS) is 13.1. The van der Waals surface area contributed by atoms with Crippen molar-refractivity contribution in [3.05, 3.63) is 158 Å². The Morgan fingerprint density at radius 2 is 1.01 bits per heavy atom. The molecule has 392 valence electrons. The number of halogens is 2. The Bertz CT molecular complexity index is 3640. The van der Waals surface area contributed by atoms with Crippen molar-refractivity contribution in [2.24, 2.45) is 0 Å². The minimum Gasteiger partial charge on any atom is -0.475 e. The van der Waals surface area contributed by atoms with Gasteiger partial charge in [0.05, 0.1) is 105 Å². The molecular weight excluding hydrogens is 995 g/mol. The molecule has 77 heavy (non-hydrogen) atoms. The largest absolute Gasteiger partial charge is 0.475 e. The number of nitrogens with one attached hydrogen (secondary N) is 3. The number of rotatable bonds is 10. The van der Waals surface area contributed by atoms with Crippen molar-refractivity contribution in [2.45, 2.75) is 14.9 Å². The number of fused-ring (bicyclic) bond motifs is 2. The van der Waals surface area contributed by atoms with Crippen LogP contribution in [0.4, 0.5) is 20.2 Å². The summed E-state index contributed by atoms with van der Waals surface area (Å²) in [5.74, 6) is -5.37. The molecule has 0 aliphatic carbocycles. The predicted octanol–water partition coefficient (Wildman–Crippen LogP) is 5.65. The standard InChI is InChI=1S/C25H20FN9O2.C14H16N4.C11H6FN5O3.2CH4/c26-18-13-29-24(35-7-6-31-32-35)22-20(18)17(12-28-22)23(36)25(37)34-10-8-33(9-11-34)19-14-27-15-30-21(19)16-4-2-1-3-5-16;1-2-4-12(5-3-1)14-13(10-16-11-17-14)18-8-6-15-7-9-18;12-6-4-14-10(17-2-1-15-16-17)8-7(6)5(3-13-8)9(18)11(19)20;;/h1-7,12-15,28H,8-11H2;1-5,10-11,15H,6-9H2;1-4,13H,(H,19,20);2*1H4. The van der Waals surface area contributed by atoms with Crippen LogP contribution >= 0.6 is 0 Å². The lowest BCUT2D eigenvalue weighted by atomic mass is 10.1. The molecule has 8 aromatic heterocycles. The number of aliphatic carboxylic acids is 1. The number of nitrogens with zero attached hydrogens (tertiary/aromatic N) is 15. The number of carboxylic acid groups (broad SMARTS) is 1. The summed E-state index contributed by atoms with van der Waals surface area (Å²) in [5, 5.41) is 26.9. The van der Waals surface area contributed by atoms with E-state index < -0.39 is 35.1 Å². The summed E-state index contributed by atoms with van der Waals surface area (Å²) in [6.45, 7) is 5.69. The summed E-state index contributed by atoms with van der Waals surface area (Å²) in [6, 6.07) is 20.1. The first-order valence-corrected chi connectivity index (χ1v) is 23.2. The second kappa shape index (κ2) is 23.9. The van der Waals surface area contributed by atoms with Crippen molar-refractivity contribution >= 4 is 56.6 Å². The van der Waals surface area contributed by atoms with E-state index in [0.29, 0.717) is 26.2 Å². The molecule has 0 bridgehead atoms. The SMILES string of the molecule is C.C.O=C(C(=O)N1CCN(c2cncnc2-c2ccccc2)CC1)c1c[nH]c2c(-n3ccnn3)ncc(F)c12.O=C(O)C(=O)c1c[nH]c2c(-n3ccnn3)ncc(F)c12.c1ccc(-c2ncncc2N2CCNCC2)cc1. The van der Waals surface area contributed by atoms with Gasteiger partial charge >= 0.3 is 5.97 Å². The molecule has 0 unspecified atom stereocenters. The maximum Gasteiger partial charge on any atom is 0.377 e. The van der Waals surface area contributed by atoms with Gasteiger partial charge in [0.1, 0.15) is 12.7 Å². The van der Waals surface area contributed by atoms with Crippen LogP contribution in [0.5, 0.6) is 0 Å². The molecule has 12 rings (SSSR count). The average molecular weight is 1050 g/mol. The number of hydrogen-bond donors (Lipinski definition) is 4. The van der Waals surface area contributed by atoms with Gasteiger partial charge in [-0.3, -0.25) is 14.4 Å². The topological polar surface area (TPSA) is 281 Å². The lowest BCUT2D eigenvalue weighted by Gasteiger charge is -2.36. The highest BCUT2D eigenvalue weighted by molar-refractivity contribution is 6.45. The number of pyridine rings is 2. The van der Waals surface area contributed by atoms with Crippen molar-refractivity contribution in [3.8, 4) is 34.2 Å². The summed E-state index contributed by atoms with van der Waals surface area (Å²) in [4.78, 5) is 85.2. The maximum atomic E-state index is 14.8. The Labute approximate surface area is 437 Å². The second-order valence-corrected chi connectivity index (χ2v) is 16.7. The Kier molecular flexibility index (Phi) is 16.5. The van der Waals surface area contributed by atoms with Crippen LogP contribution in [0.15, 0.2) is 135 Å². The summed E-state index contributed by atoms with van der Waals surface area (Å²) >= 11 is 0. The number of H-pyrrole nitrogens is 2. The number of carbonyl (C=O) groups excluding carboxylic acids is 3. The molecule has 0 saturated carbocycles. The average Bonchev–Trinajstić information content (AvgIpc) is 4.36. The summed E-state index contributed by atoms with van der Waals surface area (Å²) in [6.07, 6.45) is 17.1. The highest BCUT2D eigenvalue weighted by atomic mass is 19.1. The number of ketones is 2. The molecule has 10 aromatic rings. The van der Waals surface area contributed by atoms with Crippen molar-refractivity contribution < 1.29 is 33.1 Å². The Morgan fingerprint density at radius 1 is 0.558 bits per heavy atom. The molecule has 2 saturated heterocycles. The summed E-state index contributed by atoms with van der Waals surface area (Å²) < 4.78 is 31.2. The van der Waals surface area contributed by atoms with Crippen molar-refractivity contribution in [3.63, 3.8) is 0 Å². The molecule has 0 spiro atoms. The van der Waals surface area contributed by atoms with Crippen LogP contribution in [0, 0.1) is 11.6 Å². The van der Waals surface area contributed by atoms with Gasteiger partial charge in [-0.05, 0) is 0 Å². The highest BCUT2D eigenvalue weighted by Gasteiger charge is 2.31. The van der Waals surface area contributed by atoms with Crippen LogP contribution in [-0.2, 0) is 9.59 Å². The number of benzene rings is 2. The number of carboxylic acids is 1. The van der Waals surface area contributed by atoms with Crippen LogP contribution in [0.3, 0.4) is 0 Å². The van der Waals surface area contributed by atoms with Gasteiger partial charge < -0.3 is 35.1 Å². The van der Waals surface area contributed by atoms with Gasteiger partial charge in [0.2, 0.25) is 0 Å². The zero-order valence-electron chi connectivity index (χ0n) is 39.4. The first kappa shape index (κ1) is 53.3. The first-order chi connectivity index (χ1) is 36.7. The molecule has 1 amide bonds. The Balaban J connectivity index is 0.000000166. The fraction of sp³-hybridized carbons (Fsp3) is 0.192. The molecule has 10 heterocycles. The highest BCUT2D eigenvalue weighted by Crippen LogP contribution is 2.31. The predicted molar refractivity (Wildman–Crippen MR) is 281 cm³/mol. The van der Waals surface area contributed by atoms with E-state index >= 15 is 0 Å². The Hall–Kier alpha value is -10.0. The number of piperazine rings is 2. The Morgan fingerprint density at radius 3 is 1.45 bits per heavy atom. The van der Waals surface area contributed by atoms with Crippen molar-refractivity contribution in [1.29, 1.82) is 0 Å². The number of aromatic nitrogens is 14. The fourth-order valence-electron chi connectivity index (χ4n) is 8.71. The lowest BCUT2D eigenvalue weighted by Crippen LogP contribution is -2.50. The number of hydrogen-bond acceptors (Lipinski definition) is 17. The fourth-order valence-corrected chi connectivity index (χ4v) is 8.71. The second-order valence-electron chi connectivity index (χ2n) is 16.7. The minimum absolute atomic E-state index is 0. The third kappa shape index (κ3) is 11.1. The first-order valence-electron chi connectivity index (χ1n) is 23.2. The van der Waals surface area contributed by atoms with Gasteiger partial charge in [0.15, 0.2) is 23.3 Å². The van der Waals surface area contributed by atoms with E-state index in [2.05, 4.69) is 87.7 Å². The number of Topliss-reactive ketones (excluding diaryl/α,β-unsaturated/α-hetero) is 2. The van der Waals surface area contributed by atoms with Gasteiger partial charge in [-0.25, -0.2) is 52.8 Å². The van der Waals surface area contributed by atoms with Crippen LogP contribution in [0.25, 0.3) is 56.0 Å². The van der Waals surface area contributed by atoms with Gasteiger partial charge in [0, 0.05) is 75.9 Å². The van der Waals surface area contributed by atoms with Crippen molar-refractivity contribution in [2.75, 3.05) is 62.2 Å². The zero-order chi connectivity index (χ0) is 51.8. The smallest absolute Gasteiger partial charge is 0.377 e. The molecule has 23 nitrogen and oxygen atoms in total. The molecule has 2 aromatic carbocycles. The van der Waals surface area contributed by atoms with Crippen LogP contribution in [0.1, 0.15) is 35.6 Å². The molecular formula is C52H50F2N18O5. The maximum absolute atomic E-state index is 14.8. The molecule has 0 radical (unpaired) electrons. The third-order valence-electron chi connectivity index (χ3n) is 12.3. The zero-order valence-corrected chi connectivity index (χ0v) is 39.4. The number of anilines is 2. The van der Waals surface area contributed by atoms with Gasteiger partial charge in [-0.2, -0.15) is 0 Å². The van der Waals surface area contributed by atoms with E-state index in [0.717, 1.165) is 78.7 Å².